The minimum absolute atomic E-state index is 0.117. The molecule has 1 aliphatic rings. The summed E-state index contributed by atoms with van der Waals surface area (Å²) >= 11 is 5.99. The van der Waals surface area contributed by atoms with E-state index in [2.05, 4.69) is 31.3 Å². The Hall–Kier alpha value is -2.40. The summed E-state index contributed by atoms with van der Waals surface area (Å²) in [5, 5.41) is 4.15. The van der Waals surface area contributed by atoms with Gasteiger partial charge in [-0.1, -0.05) is 37.6 Å². The molecule has 6 heteroatoms. The molecular formula is C25H33ClN2O3. The van der Waals surface area contributed by atoms with Gasteiger partial charge >= 0.3 is 6.09 Å². The summed E-state index contributed by atoms with van der Waals surface area (Å²) in [6.07, 6.45) is -0.430. The molecule has 2 aromatic rings. The molecule has 1 heterocycles. The molecule has 1 saturated heterocycles. The molecule has 2 atom stereocenters. The van der Waals surface area contributed by atoms with Gasteiger partial charge < -0.3 is 19.7 Å². The van der Waals surface area contributed by atoms with E-state index >= 15 is 0 Å². The fourth-order valence-corrected chi connectivity index (χ4v) is 3.71. The normalized spacial score (nSPS) is 18.9. The summed E-state index contributed by atoms with van der Waals surface area (Å²) in [5.41, 5.74) is 1.69. The molecule has 0 aromatic heterocycles. The zero-order chi connectivity index (χ0) is 22.6. The third-order valence-corrected chi connectivity index (χ3v) is 5.51. The summed E-state index contributed by atoms with van der Waals surface area (Å²) in [7, 11) is 0. The van der Waals surface area contributed by atoms with E-state index in [9.17, 15) is 4.79 Å². The Labute approximate surface area is 190 Å². The summed E-state index contributed by atoms with van der Waals surface area (Å²) in [6, 6.07) is 15.8. The maximum atomic E-state index is 12.7. The number of carbonyl (C=O) groups is 1. The van der Waals surface area contributed by atoms with Crippen molar-refractivity contribution >= 4 is 23.4 Å². The Kier molecular flexibility index (Phi) is 7.37. The van der Waals surface area contributed by atoms with Crippen molar-refractivity contribution in [3.8, 4) is 5.75 Å². The summed E-state index contributed by atoms with van der Waals surface area (Å²) < 4.78 is 12.0. The number of nitrogens with one attached hydrogen (secondary N) is 1. The van der Waals surface area contributed by atoms with Gasteiger partial charge in [0, 0.05) is 29.7 Å². The molecule has 0 bridgehead atoms. The molecule has 1 amide bonds. The Morgan fingerprint density at radius 3 is 2.52 bits per heavy atom. The molecule has 1 fully saturated rings. The number of benzene rings is 2. The van der Waals surface area contributed by atoms with E-state index in [-0.39, 0.29) is 18.1 Å². The second-order valence-electron chi connectivity index (χ2n) is 9.42. The van der Waals surface area contributed by atoms with Gasteiger partial charge in [0.15, 0.2) is 0 Å². The third-order valence-electron chi connectivity index (χ3n) is 5.26. The van der Waals surface area contributed by atoms with Crippen LogP contribution in [0.3, 0.4) is 0 Å². The number of nitrogens with zero attached hydrogens (tertiary/aromatic N) is 1. The number of likely N-dealkylation sites (tertiary alicyclic amines) is 1. The van der Waals surface area contributed by atoms with Crippen LogP contribution in [0.1, 0.15) is 46.1 Å². The van der Waals surface area contributed by atoms with E-state index in [0.29, 0.717) is 30.6 Å². The van der Waals surface area contributed by atoms with Gasteiger partial charge in [-0.2, -0.15) is 0 Å². The molecule has 31 heavy (non-hydrogen) atoms. The highest BCUT2D eigenvalue weighted by Gasteiger charge is 2.38. The number of carbonyl (C=O) groups excluding carboxylic acids is 1. The van der Waals surface area contributed by atoms with Gasteiger partial charge in [-0.25, -0.2) is 4.79 Å². The second-order valence-corrected chi connectivity index (χ2v) is 9.85. The maximum Gasteiger partial charge on any atom is 0.410 e. The van der Waals surface area contributed by atoms with Gasteiger partial charge in [-0.05, 0) is 68.7 Å². The predicted molar refractivity (Wildman–Crippen MR) is 126 cm³/mol. The summed E-state index contributed by atoms with van der Waals surface area (Å²) in [4.78, 5) is 14.4. The first-order valence-corrected chi connectivity index (χ1v) is 11.2. The number of hydrogen-bond donors (Lipinski definition) is 1. The number of halogens is 1. The van der Waals surface area contributed by atoms with Gasteiger partial charge in [-0.3, -0.25) is 0 Å². The smallest absolute Gasteiger partial charge is 0.410 e. The van der Waals surface area contributed by atoms with Crippen molar-refractivity contribution in [2.45, 2.75) is 52.2 Å². The molecule has 1 unspecified atom stereocenters. The summed E-state index contributed by atoms with van der Waals surface area (Å²) in [5.74, 6) is 1.37. The van der Waals surface area contributed by atoms with E-state index in [1.165, 1.54) is 5.56 Å². The molecule has 5 nitrogen and oxygen atoms in total. The van der Waals surface area contributed by atoms with E-state index in [4.69, 9.17) is 21.1 Å². The van der Waals surface area contributed by atoms with Crippen LogP contribution >= 0.6 is 11.6 Å². The monoisotopic (exact) mass is 444 g/mol. The van der Waals surface area contributed by atoms with Crippen molar-refractivity contribution in [1.29, 1.82) is 0 Å². The average Bonchev–Trinajstić information content (AvgIpc) is 3.09. The predicted octanol–water partition coefficient (Wildman–Crippen LogP) is 6.19. The minimum atomic E-state index is -0.529. The van der Waals surface area contributed by atoms with Gasteiger partial charge in [0.1, 0.15) is 17.5 Å². The molecule has 0 spiro atoms. The second kappa shape index (κ2) is 9.82. The Morgan fingerprint density at radius 2 is 1.87 bits per heavy atom. The van der Waals surface area contributed by atoms with Gasteiger partial charge in [0.05, 0.1) is 6.54 Å². The van der Waals surface area contributed by atoms with E-state index in [1.807, 2.05) is 57.2 Å². The van der Waals surface area contributed by atoms with Gasteiger partial charge in [0.2, 0.25) is 0 Å². The SMILES string of the molecule is CC(C)c1cccc(OC2CN(C(=O)OC(C)(C)C)C[C@@H]2CNc2ccc(Cl)cc2)c1. The zero-order valence-electron chi connectivity index (χ0n) is 19.0. The first-order chi connectivity index (χ1) is 14.6. The highest BCUT2D eigenvalue weighted by Crippen LogP contribution is 2.27. The number of hydrogen-bond acceptors (Lipinski definition) is 4. The quantitative estimate of drug-likeness (QED) is 0.577. The molecule has 2 aromatic carbocycles. The van der Waals surface area contributed by atoms with E-state index in [0.717, 1.165) is 11.4 Å². The lowest BCUT2D eigenvalue weighted by Gasteiger charge is -2.24. The molecular weight excluding hydrogens is 412 g/mol. The lowest BCUT2D eigenvalue weighted by Crippen LogP contribution is -2.36. The lowest BCUT2D eigenvalue weighted by molar-refractivity contribution is 0.0275. The molecule has 1 aliphatic heterocycles. The van der Waals surface area contributed by atoms with Crippen molar-refractivity contribution in [2.75, 3.05) is 25.0 Å². The average molecular weight is 445 g/mol. The summed E-state index contributed by atoms with van der Waals surface area (Å²) in [6.45, 7) is 11.7. The van der Waals surface area contributed by atoms with Crippen molar-refractivity contribution in [1.82, 2.24) is 4.90 Å². The van der Waals surface area contributed by atoms with Crippen molar-refractivity contribution in [3.05, 3.63) is 59.1 Å². The molecule has 0 radical (unpaired) electrons. The molecule has 0 aliphatic carbocycles. The number of rotatable bonds is 6. The van der Waals surface area contributed by atoms with Crippen molar-refractivity contribution < 1.29 is 14.3 Å². The Balaban J connectivity index is 1.72. The van der Waals surface area contributed by atoms with Crippen LogP contribution in [0.15, 0.2) is 48.5 Å². The fourth-order valence-electron chi connectivity index (χ4n) is 3.58. The Bertz CT molecular complexity index is 877. The van der Waals surface area contributed by atoms with Crippen molar-refractivity contribution in [2.24, 2.45) is 5.92 Å². The molecule has 3 rings (SSSR count). The standard InChI is InChI=1S/C25H33ClN2O3/c1-17(2)18-7-6-8-22(13-18)30-23-16-28(24(29)31-25(3,4)5)15-19(23)14-27-21-11-9-20(26)10-12-21/h6-13,17,19,23,27H,14-16H2,1-5H3/t19-,23?/m0/s1. The lowest BCUT2D eigenvalue weighted by atomic mass is 10.0. The van der Waals surface area contributed by atoms with Gasteiger partial charge in [-0.15, -0.1) is 0 Å². The molecule has 168 valence electrons. The number of amides is 1. The topological polar surface area (TPSA) is 50.8 Å². The molecule has 0 saturated carbocycles. The Morgan fingerprint density at radius 1 is 1.16 bits per heavy atom. The highest BCUT2D eigenvalue weighted by atomic mass is 35.5. The van der Waals surface area contributed by atoms with Gasteiger partial charge in [0.25, 0.3) is 0 Å². The number of ether oxygens (including phenoxy) is 2. The van der Waals surface area contributed by atoms with Crippen LogP contribution < -0.4 is 10.1 Å². The van der Waals surface area contributed by atoms with Crippen LogP contribution in [-0.2, 0) is 4.74 Å². The number of anilines is 1. The van der Waals surface area contributed by atoms with Crippen LogP contribution in [0.25, 0.3) is 0 Å². The largest absolute Gasteiger partial charge is 0.488 e. The molecule has 1 N–H and O–H groups in total. The first kappa shape index (κ1) is 23.3. The highest BCUT2D eigenvalue weighted by molar-refractivity contribution is 6.30. The maximum absolute atomic E-state index is 12.7. The fraction of sp³-hybridized carbons (Fsp3) is 0.480. The van der Waals surface area contributed by atoms with Crippen LogP contribution in [0.5, 0.6) is 5.75 Å². The van der Waals surface area contributed by atoms with E-state index < -0.39 is 5.60 Å². The van der Waals surface area contributed by atoms with E-state index in [1.54, 1.807) is 4.90 Å². The van der Waals surface area contributed by atoms with Crippen molar-refractivity contribution in [3.63, 3.8) is 0 Å². The first-order valence-electron chi connectivity index (χ1n) is 10.8. The van der Waals surface area contributed by atoms with Crippen LogP contribution in [0.2, 0.25) is 5.02 Å². The minimum Gasteiger partial charge on any atom is -0.488 e. The van der Waals surface area contributed by atoms with Crippen LogP contribution in [0, 0.1) is 5.92 Å². The van der Waals surface area contributed by atoms with Crippen LogP contribution in [-0.4, -0.2) is 42.3 Å². The third kappa shape index (κ3) is 6.79. The van der Waals surface area contributed by atoms with Crippen LogP contribution in [0.4, 0.5) is 10.5 Å². The zero-order valence-corrected chi connectivity index (χ0v) is 19.8.